The number of hydrogen-bond acceptors (Lipinski definition) is 4. The molecule has 0 aliphatic carbocycles. The van der Waals surface area contributed by atoms with E-state index in [-0.39, 0.29) is 5.69 Å². The lowest BCUT2D eigenvalue weighted by Crippen LogP contribution is -2.36. The Balaban J connectivity index is 2.54. The number of para-hydroxylation sites is 2. The van der Waals surface area contributed by atoms with E-state index in [0.29, 0.717) is 5.75 Å². The fourth-order valence-electron chi connectivity index (χ4n) is 1.05. The Kier molecular flexibility index (Phi) is 4.56. The molecule has 0 atom stereocenters. The molecule has 1 rings (SSSR count). The first kappa shape index (κ1) is 14.6. The van der Waals surface area contributed by atoms with Gasteiger partial charge in [-0.2, -0.15) is 18.7 Å². The Morgan fingerprint density at radius 3 is 2.42 bits per heavy atom. The first-order valence-electron chi connectivity index (χ1n) is 4.82. The Morgan fingerprint density at radius 2 is 1.84 bits per heavy atom. The van der Waals surface area contributed by atoms with Crippen LogP contribution < -0.4 is 15.5 Å². The number of rotatable bonds is 2. The van der Waals surface area contributed by atoms with Crippen LogP contribution in [0.15, 0.2) is 24.3 Å². The molecule has 0 saturated carbocycles. The summed E-state index contributed by atoms with van der Waals surface area (Å²) in [6.45, 7) is 0. The van der Waals surface area contributed by atoms with E-state index in [1.165, 1.54) is 24.7 Å². The van der Waals surface area contributed by atoms with Crippen molar-refractivity contribution in [3.8, 4) is 5.75 Å². The summed E-state index contributed by atoms with van der Waals surface area (Å²) < 4.78 is 40.2. The summed E-state index contributed by atoms with van der Waals surface area (Å²) in [6, 6.07) is 5.02. The molecule has 0 unspecified atom stereocenters. The number of nitrogens with one attached hydrogen (secondary N) is 2. The molecule has 2 amide bonds. The third-order valence-electron chi connectivity index (χ3n) is 1.82. The number of carbonyl (C=O) groups is 2. The van der Waals surface area contributed by atoms with Gasteiger partial charge in [-0.3, -0.25) is 0 Å². The highest BCUT2D eigenvalue weighted by Crippen LogP contribution is 2.22. The molecule has 19 heavy (non-hydrogen) atoms. The van der Waals surface area contributed by atoms with E-state index in [1.54, 1.807) is 12.1 Å². The Morgan fingerprint density at radius 1 is 1.21 bits per heavy atom. The Bertz CT molecular complexity index is 476. The second-order valence-corrected chi connectivity index (χ2v) is 3.14. The van der Waals surface area contributed by atoms with E-state index in [0.717, 1.165) is 0 Å². The highest BCUT2D eigenvalue weighted by molar-refractivity contribution is 5.91. The van der Waals surface area contributed by atoms with Crippen LogP contribution in [0.25, 0.3) is 0 Å². The Labute approximate surface area is 105 Å². The zero-order valence-electron chi connectivity index (χ0n) is 9.58. The molecule has 104 valence electrons. The summed E-state index contributed by atoms with van der Waals surface area (Å²) in [5, 5.41) is 2.15. The predicted octanol–water partition coefficient (Wildman–Crippen LogP) is 1.84. The maximum Gasteiger partial charge on any atom is 0.493 e. The Hall–Kier alpha value is -2.45. The minimum absolute atomic E-state index is 0.200. The number of amides is 2. The van der Waals surface area contributed by atoms with Crippen molar-refractivity contribution in [2.75, 3.05) is 12.4 Å². The number of ether oxygens (including phenoxy) is 1. The molecule has 0 aliphatic heterocycles. The average Bonchev–Trinajstić information content (AvgIpc) is 2.35. The van der Waals surface area contributed by atoms with Crippen molar-refractivity contribution in [1.82, 2.24) is 5.48 Å². The normalized spacial score (nSPS) is 10.5. The summed E-state index contributed by atoms with van der Waals surface area (Å²) in [4.78, 5) is 25.1. The van der Waals surface area contributed by atoms with Crippen molar-refractivity contribution in [2.24, 2.45) is 0 Å². The van der Waals surface area contributed by atoms with Crippen LogP contribution >= 0.6 is 0 Å². The molecular formula is C10H9F3N2O4. The summed E-state index contributed by atoms with van der Waals surface area (Å²) >= 11 is 0. The molecule has 0 spiro atoms. The van der Waals surface area contributed by atoms with Crippen LogP contribution in [0.1, 0.15) is 0 Å². The average molecular weight is 278 g/mol. The fourth-order valence-corrected chi connectivity index (χ4v) is 1.05. The molecule has 0 aliphatic rings. The van der Waals surface area contributed by atoms with E-state index >= 15 is 0 Å². The zero-order valence-corrected chi connectivity index (χ0v) is 9.58. The monoisotopic (exact) mass is 278 g/mol. The highest BCUT2D eigenvalue weighted by atomic mass is 19.4. The van der Waals surface area contributed by atoms with E-state index in [9.17, 15) is 22.8 Å². The van der Waals surface area contributed by atoms with Gasteiger partial charge in [0.05, 0.1) is 12.8 Å². The fraction of sp³-hybridized carbons (Fsp3) is 0.200. The van der Waals surface area contributed by atoms with Crippen LogP contribution in [0.3, 0.4) is 0 Å². The van der Waals surface area contributed by atoms with E-state index in [2.05, 4.69) is 10.2 Å². The summed E-state index contributed by atoms with van der Waals surface area (Å²) in [6.07, 6.45) is -5.18. The van der Waals surface area contributed by atoms with Crippen molar-refractivity contribution in [1.29, 1.82) is 0 Å². The van der Waals surface area contributed by atoms with Gasteiger partial charge in [-0.25, -0.2) is 9.59 Å². The van der Waals surface area contributed by atoms with Crippen molar-refractivity contribution < 1.29 is 32.3 Å². The van der Waals surface area contributed by atoms with Gasteiger partial charge in [0.25, 0.3) is 0 Å². The van der Waals surface area contributed by atoms with Crippen LogP contribution in [-0.4, -0.2) is 25.3 Å². The number of hydroxylamine groups is 1. The molecule has 0 saturated heterocycles. The van der Waals surface area contributed by atoms with Crippen LogP contribution in [0.4, 0.5) is 23.7 Å². The van der Waals surface area contributed by atoms with E-state index in [1.807, 2.05) is 0 Å². The van der Waals surface area contributed by atoms with Gasteiger partial charge in [0, 0.05) is 0 Å². The molecule has 0 fully saturated rings. The molecule has 0 aromatic heterocycles. The van der Waals surface area contributed by atoms with Crippen molar-refractivity contribution in [2.45, 2.75) is 6.18 Å². The van der Waals surface area contributed by atoms with Crippen LogP contribution in [0.5, 0.6) is 5.75 Å². The first-order valence-corrected chi connectivity index (χ1v) is 4.82. The topological polar surface area (TPSA) is 76.7 Å². The molecule has 0 radical (unpaired) electrons. The van der Waals surface area contributed by atoms with E-state index < -0.39 is 18.2 Å². The number of alkyl halides is 3. The molecule has 2 N–H and O–H groups in total. The number of methoxy groups -OCH3 is 1. The van der Waals surface area contributed by atoms with Gasteiger partial charge >= 0.3 is 18.2 Å². The quantitative estimate of drug-likeness (QED) is 0.809. The first-order chi connectivity index (χ1) is 8.84. The lowest BCUT2D eigenvalue weighted by molar-refractivity contribution is -0.204. The number of anilines is 1. The van der Waals surface area contributed by atoms with Gasteiger partial charge in [0.1, 0.15) is 5.75 Å². The lowest BCUT2D eigenvalue weighted by atomic mass is 10.3. The predicted molar refractivity (Wildman–Crippen MR) is 57.3 cm³/mol. The molecule has 0 heterocycles. The van der Waals surface area contributed by atoms with Gasteiger partial charge in [0.2, 0.25) is 0 Å². The lowest BCUT2D eigenvalue weighted by Gasteiger charge is -2.11. The van der Waals surface area contributed by atoms with Gasteiger partial charge in [-0.1, -0.05) is 12.1 Å². The number of urea groups is 1. The number of hydrogen-bond donors (Lipinski definition) is 2. The van der Waals surface area contributed by atoms with Gasteiger partial charge < -0.3 is 14.9 Å². The molecule has 1 aromatic rings. The third kappa shape index (κ3) is 4.37. The second-order valence-electron chi connectivity index (χ2n) is 3.14. The number of carbonyl (C=O) groups excluding carboxylic acids is 2. The molecule has 9 heteroatoms. The highest BCUT2D eigenvalue weighted by Gasteiger charge is 2.42. The third-order valence-corrected chi connectivity index (χ3v) is 1.82. The largest absolute Gasteiger partial charge is 0.495 e. The maximum atomic E-state index is 11.8. The molecule has 0 bridgehead atoms. The van der Waals surface area contributed by atoms with Gasteiger partial charge in [-0.05, 0) is 12.1 Å². The smallest absolute Gasteiger partial charge is 0.493 e. The van der Waals surface area contributed by atoms with Crippen molar-refractivity contribution >= 4 is 17.7 Å². The number of halogens is 3. The minimum Gasteiger partial charge on any atom is -0.495 e. The van der Waals surface area contributed by atoms with Crippen molar-refractivity contribution in [3.63, 3.8) is 0 Å². The second kappa shape index (κ2) is 5.94. The van der Waals surface area contributed by atoms with Gasteiger partial charge in [0.15, 0.2) is 0 Å². The van der Waals surface area contributed by atoms with Gasteiger partial charge in [-0.15, -0.1) is 0 Å². The summed E-state index contributed by atoms with van der Waals surface area (Å²) in [7, 11) is 1.35. The molecule has 1 aromatic carbocycles. The van der Waals surface area contributed by atoms with Crippen molar-refractivity contribution in [3.05, 3.63) is 24.3 Å². The maximum absolute atomic E-state index is 11.8. The molecule has 6 nitrogen and oxygen atoms in total. The molecular weight excluding hydrogens is 269 g/mol. The van der Waals surface area contributed by atoms with Crippen LogP contribution in [0, 0.1) is 0 Å². The summed E-state index contributed by atoms with van der Waals surface area (Å²) in [5.41, 5.74) is 1.51. The zero-order chi connectivity index (χ0) is 14.5. The van der Waals surface area contributed by atoms with Crippen LogP contribution in [-0.2, 0) is 9.63 Å². The number of benzene rings is 1. The van der Waals surface area contributed by atoms with E-state index in [4.69, 9.17) is 4.74 Å². The standard InChI is InChI=1S/C10H9F3N2O4/c1-18-7-5-3-2-4-6(7)14-9(17)15-19-8(16)10(11,12)13/h2-5H,1H3,(H2,14,15,17). The van der Waals surface area contributed by atoms with Crippen LogP contribution in [0.2, 0.25) is 0 Å². The SMILES string of the molecule is COc1ccccc1NC(=O)NOC(=O)C(F)(F)F. The minimum atomic E-state index is -5.18. The summed E-state index contributed by atoms with van der Waals surface area (Å²) in [5.74, 6) is -2.23.